The van der Waals surface area contributed by atoms with Crippen molar-refractivity contribution in [2.75, 3.05) is 132 Å². The Labute approximate surface area is 376 Å². The predicted octanol–water partition coefficient (Wildman–Crippen LogP) is 9.16. The molecule has 6 rings (SSSR count). The third-order valence-corrected chi connectivity index (χ3v) is 13.6. The van der Waals surface area contributed by atoms with E-state index in [0.717, 1.165) is 64.4 Å². The number of piperidine rings is 1. The first kappa shape index (κ1) is 57.7. The van der Waals surface area contributed by atoms with Gasteiger partial charge in [0.05, 0.1) is 26.4 Å². The third-order valence-electron chi connectivity index (χ3n) is 13.6. The van der Waals surface area contributed by atoms with Gasteiger partial charge < -0.3 is 24.6 Å². The molecule has 0 amide bonds. The molecule has 6 aliphatic heterocycles. The highest BCUT2D eigenvalue weighted by Gasteiger charge is 2.30. The first-order valence-electron chi connectivity index (χ1n) is 24.7. The molecule has 9 nitrogen and oxygen atoms in total. The molecule has 6 saturated heterocycles. The van der Waals surface area contributed by atoms with Crippen molar-refractivity contribution in [3.05, 3.63) is 0 Å². The van der Waals surface area contributed by atoms with Crippen LogP contribution in [-0.2, 0) is 9.47 Å². The van der Waals surface area contributed by atoms with Crippen LogP contribution >= 0.6 is 0 Å². The SMILES string of the molecule is CC(C)(C)C1CCNC1.CC(C)(C)N1CCCCC1.CC(C)(C)N1CCOCC1.CC(C)(C)N1CCOCC1.CN1CCC(C(C)(C)C)C1.CN1CCN(C(C)(C)C)CC1. The minimum absolute atomic E-state index is 0.323. The van der Waals surface area contributed by atoms with Gasteiger partial charge in [-0.25, -0.2) is 0 Å². The standard InChI is InChI=1S/C9H20N2.2C9H19N.2C8H17NO.C8H17N/c1-9(2,3)11-7-5-10(4)6-8-11;1-9(2,3)8-5-6-10(4)7-8;1-9(2,3)10-7-5-4-6-8-10;2*1-8(2,3)9-4-6-10-7-5-9;1-8(2,3)7-4-5-9-6-7/h5-8H2,1-4H3;8H,5-7H2,1-4H3;4-8H2,1-3H3;2*4-7H2,1-3H3;7,9H,4-6H2,1-3H3. The number of rotatable bonds is 0. The highest BCUT2D eigenvalue weighted by molar-refractivity contribution is 4.84. The molecule has 0 saturated carbocycles. The van der Waals surface area contributed by atoms with E-state index in [1.54, 1.807) is 0 Å². The summed E-state index contributed by atoms with van der Waals surface area (Å²) in [5.74, 6) is 1.81. The number of hydrogen-bond donors (Lipinski definition) is 1. The topological polar surface area (TPSA) is 49.9 Å². The molecule has 0 radical (unpaired) electrons. The van der Waals surface area contributed by atoms with Gasteiger partial charge in [-0.3, -0.25) is 19.6 Å². The summed E-state index contributed by atoms with van der Waals surface area (Å²) in [6.45, 7) is 61.8. The lowest BCUT2D eigenvalue weighted by molar-refractivity contribution is -0.00389. The van der Waals surface area contributed by atoms with Crippen LogP contribution in [0, 0.1) is 22.7 Å². The number of nitrogens with one attached hydrogen (secondary N) is 1. The molecule has 6 fully saturated rings. The van der Waals surface area contributed by atoms with E-state index in [-0.39, 0.29) is 0 Å². The molecule has 0 aromatic rings. The molecule has 2 atom stereocenters. The van der Waals surface area contributed by atoms with Crippen molar-refractivity contribution in [2.45, 2.75) is 179 Å². The van der Waals surface area contributed by atoms with Crippen LogP contribution in [0.15, 0.2) is 0 Å². The van der Waals surface area contributed by atoms with E-state index in [1.165, 1.54) is 97.6 Å². The van der Waals surface area contributed by atoms with Crippen LogP contribution in [0.5, 0.6) is 0 Å². The van der Waals surface area contributed by atoms with E-state index >= 15 is 0 Å². The summed E-state index contributed by atoms with van der Waals surface area (Å²) in [6.07, 6.45) is 6.99. The second-order valence-corrected chi connectivity index (χ2v) is 24.9. The van der Waals surface area contributed by atoms with Crippen molar-refractivity contribution in [3.63, 3.8) is 0 Å². The van der Waals surface area contributed by atoms with Gasteiger partial charge in [0.25, 0.3) is 0 Å². The molecule has 1 N–H and O–H groups in total. The molecule has 0 aliphatic carbocycles. The lowest BCUT2D eigenvalue weighted by Gasteiger charge is -2.41. The van der Waals surface area contributed by atoms with Crippen LogP contribution < -0.4 is 5.32 Å². The second kappa shape index (κ2) is 26.6. The first-order valence-corrected chi connectivity index (χ1v) is 24.7. The fourth-order valence-electron chi connectivity index (χ4n) is 8.55. The first-order chi connectivity index (χ1) is 27.4. The maximum Gasteiger partial charge on any atom is 0.0594 e. The number of nitrogens with zero attached hydrogens (tertiary/aromatic N) is 6. The summed E-state index contributed by atoms with van der Waals surface area (Å²) in [6, 6.07) is 0. The average molecular weight is 852 g/mol. The predicted molar refractivity (Wildman–Crippen MR) is 264 cm³/mol. The zero-order chi connectivity index (χ0) is 46.0. The van der Waals surface area contributed by atoms with Crippen LogP contribution in [0.25, 0.3) is 0 Å². The largest absolute Gasteiger partial charge is 0.379 e. The Hall–Kier alpha value is -0.360. The highest BCUT2D eigenvalue weighted by atomic mass is 16.5. The number of piperazine rings is 1. The van der Waals surface area contributed by atoms with Crippen molar-refractivity contribution < 1.29 is 9.47 Å². The molecule has 0 aromatic heterocycles. The molecule has 0 bridgehead atoms. The van der Waals surface area contributed by atoms with E-state index in [4.69, 9.17) is 9.47 Å². The molecule has 0 aromatic carbocycles. The number of ether oxygens (including phenoxy) is 2. The van der Waals surface area contributed by atoms with Gasteiger partial charge in [-0.2, -0.15) is 0 Å². The third kappa shape index (κ3) is 25.2. The van der Waals surface area contributed by atoms with Crippen LogP contribution in [0.1, 0.15) is 157 Å². The van der Waals surface area contributed by atoms with Crippen LogP contribution in [0.3, 0.4) is 0 Å². The van der Waals surface area contributed by atoms with Gasteiger partial charge in [-0.15, -0.1) is 0 Å². The fourth-order valence-corrected chi connectivity index (χ4v) is 8.55. The van der Waals surface area contributed by atoms with Crippen molar-refractivity contribution in [1.82, 2.24) is 34.7 Å². The zero-order valence-corrected chi connectivity index (χ0v) is 44.4. The Balaban J connectivity index is 0.000000360. The van der Waals surface area contributed by atoms with Gasteiger partial charge in [0.15, 0.2) is 0 Å². The molecule has 2 unspecified atom stereocenters. The van der Waals surface area contributed by atoms with Crippen LogP contribution in [-0.4, -0.2) is 184 Å². The molecular formula is C51H109N7O2. The lowest BCUT2D eigenvalue weighted by Crippen LogP contribution is -2.52. The summed E-state index contributed by atoms with van der Waals surface area (Å²) in [7, 11) is 4.41. The molecule has 0 spiro atoms. The molecule has 6 aliphatic rings. The summed E-state index contributed by atoms with van der Waals surface area (Å²) in [5, 5.41) is 3.38. The summed E-state index contributed by atoms with van der Waals surface area (Å²) in [4.78, 5) is 14.9. The summed E-state index contributed by atoms with van der Waals surface area (Å²) < 4.78 is 10.5. The van der Waals surface area contributed by atoms with Gasteiger partial charge in [0, 0.05) is 81.1 Å². The molecular weight excluding hydrogens is 743 g/mol. The lowest BCUT2D eigenvalue weighted by atomic mass is 9.80. The minimum atomic E-state index is 0.323. The maximum absolute atomic E-state index is 5.25. The van der Waals surface area contributed by atoms with Crippen molar-refractivity contribution in [3.8, 4) is 0 Å². The number of morpholine rings is 2. The van der Waals surface area contributed by atoms with E-state index in [9.17, 15) is 0 Å². The Morgan fingerprint density at radius 3 is 0.983 bits per heavy atom. The van der Waals surface area contributed by atoms with Gasteiger partial charge in [0.2, 0.25) is 0 Å². The van der Waals surface area contributed by atoms with Crippen molar-refractivity contribution in [2.24, 2.45) is 22.7 Å². The van der Waals surface area contributed by atoms with E-state index in [0.29, 0.717) is 33.0 Å². The smallest absolute Gasteiger partial charge is 0.0594 e. The van der Waals surface area contributed by atoms with E-state index in [1.807, 2.05) is 0 Å². The Kier molecular flexibility index (Phi) is 25.5. The zero-order valence-electron chi connectivity index (χ0n) is 44.4. The molecule has 360 valence electrons. The quantitative estimate of drug-likeness (QED) is 0.257. The minimum Gasteiger partial charge on any atom is -0.379 e. The number of likely N-dealkylation sites (N-methyl/N-ethyl adjacent to an activating group) is 1. The summed E-state index contributed by atoms with van der Waals surface area (Å²) in [5.41, 5.74) is 2.45. The van der Waals surface area contributed by atoms with Gasteiger partial charge in [0.1, 0.15) is 0 Å². The number of hydrogen-bond acceptors (Lipinski definition) is 9. The van der Waals surface area contributed by atoms with Gasteiger partial charge >= 0.3 is 0 Å². The second-order valence-electron chi connectivity index (χ2n) is 24.9. The molecule has 6 heterocycles. The summed E-state index contributed by atoms with van der Waals surface area (Å²) >= 11 is 0. The molecule has 9 heteroatoms. The number of likely N-dealkylation sites (tertiary alicyclic amines) is 2. The average Bonchev–Trinajstić information content (AvgIpc) is 3.86. The Bertz CT molecular complexity index is 970. The van der Waals surface area contributed by atoms with Gasteiger partial charge in [-0.1, -0.05) is 48.0 Å². The maximum atomic E-state index is 5.25. The Morgan fingerprint density at radius 2 is 0.750 bits per heavy atom. The molecule has 60 heavy (non-hydrogen) atoms. The van der Waals surface area contributed by atoms with Crippen LogP contribution in [0.4, 0.5) is 0 Å². The highest BCUT2D eigenvalue weighted by Crippen LogP contribution is 2.33. The van der Waals surface area contributed by atoms with E-state index in [2.05, 4.69) is 173 Å². The fraction of sp³-hybridized carbons (Fsp3) is 1.00. The normalized spacial score (nSPS) is 25.2. The van der Waals surface area contributed by atoms with Crippen molar-refractivity contribution >= 4 is 0 Å². The van der Waals surface area contributed by atoms with Crippen molar-refractivity contribution in [1.29, 1.82) is 0 Å². The van der Waals surface area contributed by atoms with Crippen LogP contribution in [0.2, 0.25) is 0 Å². The Morgan fingerprint density at radius 1 is 0.383 bits per heavy atom. The monoisotopic (exact) mass is 852 g/mol. The van der Waals surface area contributed by atoms with E-state index < -0.39 is 0 Å². The van der Waals surface area contributed by atoms with Gasteiger partial charge in [-0.05, 0) is 178 Å².